The van der Waals surface area contributed by atoms with Gasteiger partial charge in [0.05, 0.1) is 5.56 Å². The second-order valence-electron chi connectivity index (χ2n) is 3.70. The van der Waals surface area contributed by atoms with Crippen LogP contribution in [-0.2, 0) is 0 Å². The molecule has 4 heteroatoms. The fourth-order valence-electron chi connectivity index (χ4n) is 1.73. The SMILES string of the molecule is CC.Cc1cc(C(=O)O)cc(=O)n1-c1ccccc1. The lowest BCUT2D eigenvalue weighted by Crippen LogP contribution is -2.21. The third-order valence-corrected chi connectivity index (χ3v) is 2.48. The van der Waals surface area contributed by atoms with Gasteiger partial charge in [-0.2, -0.15) is 0 Å². The van der Waals surface area contributed by atoms with Crippen LogP contribution >= 0.6 is 0 Å². The molecule has 0 unspecified atom stereocenters. The third-order valence-electron chi connectivity index (χ3n) is 2.48. The van der Waals surface area contributed by atoms with Gasteiger partial charge in [0.1, 0.15) is 0 Å². The quantitative estimate of drug-likeness (QED) is 0.902. The van der Waals surface area contributed by atoms with Crippen molar-refractivity contribution in [3.63, 3.8) is 0 Å². The van der Waals surface area contributed by atoms with Gasteiger partial charge in [0, 0.05) is 17.4 Å². The highest BCUT2D eigenvalue weighted by atomic mass is 16.4. The van der Waals surface area contributed by atoms with E-state index in [4.69, 9.17) is 5.11 Å². The normalized spacial score (nSPS) is 9.42. The van der Waals surface area contributed by atoms with Crippen LogP contribution in [0.1, 0.15) is 29.9 Å². The van der Waals surface area contributed by atoms with E-state index in [1.165, 1.54) is 10.6 Å². The van der Waals surface area contributed by atoms with Gasteiger partial charge in [-0.25, -0.2) is 4.79 Å². The highest BCUT2D eigenvalue weighted by Crippen LogP contribution is 2.09. The van der Waals surface area contributed by atoms with E-state index in [1.54, 1.807) is 19.1 Å². The maximum absolute atomic E-state index is 11.9. The van der Waals surface area contributed by atoms with Gasteiger partial charge >= 0.3 is 5.97 Å². The number of carboxylic acids is 1. The van der Waals surface area contributed by atoms with Gasteiger partial charge in [0.15, 0.2) is 0 Å². The van der Waals surface area contributed by atoms with Crippen molar-refractivity contribution in [3.8, 4) is 5.69 Å². The number of para-hydroxylation sites is 1. The van der Waals surface area contributed by atoms with Gasteiger partial charge in [0.25, 0.3) is 5.56 Å². The van der Waals surface area contributed by atoms with Gasteiger partial charge < -0.3 is 5.11 Å². The smallest absolute Gasteiger partial charge is 0.335 e. The van der Waals surface area contributed by atoms with Crippen LogP contribution < -0.4 is 5.56 Å². The number of carbonyl (C=O) groups is 1. The van der Waals surface area contributed by atoms with Crippen LogP contribution in [0.2, 0.25) is 0 Å². The number of hydrogen-bond acceptors (Lipinski definition) is 2. The summed E-state index contributed by atoms with van der Waals surface area (Å²) >= 11 is 0. The van der Waals surface area contributed by atoms with Crippen LogP contribution in [0.5, 0.6) is 0 Å². The summed E-state index contributed by atoms with van der Waals surface area (Å²) in [6.07, 6.45) is 0. The lowest BCUT2D eigenvalue weighted by atomic mass is 10.2. The predicted molar refractivity (Wildman–Crippen MR) is 75.1 cm³/mol. The average Bonchev–Trinajstić information content (AvgIpc) is 2.41. The summed E-state index contributed by atoms with van der Waals surface area (Å²) < 4.78 is 1.48. The first-order valence-corrected chi connectivity index (χ1v) is 6.12. The summed E-state index contributed by atoms with van der Waals surface area (Å²) in [5.74, 6) is -1.09. The number of benzene rings is 1. The highest BCUT2D eigenvalue weighted by molar-refractivity contribution is 5.87. The van der Waals surface area contributed by atoms with Crippen molar-refractivity contribution in [2.24, 2.45) is 0 Å². The van der Waals surface area contributed by atoms with E-state index < -0.39 is 5.97 Å². The van der Waals surface area contributed by atoms with Crippen molar-refractivity contribution in [3.05, 3.63) is 64.1 Å². The Morgan fingerprint density at radius 3 is 2.16 bits per heavy atom. The Bertz CT molecular complexity index is 615. The van der Waals surface area contributed by atoms with Crippen LogP contribution in [-0.4, -0.2) is 15.6 Å². The molecule has 4 nitrogen and oxygen atoms in total. The van der Waals surface area contributed by atoms with Gasteiger partial charge in [0.2, 0.25) is 0 Å². The molecule has 1 aromatic heterocycles. The first-order chi connectivity index (χ1) is 9.09. The van der Waals surface area contributed by atoms with Crippen LogP contribution in [0.25, 0.3) is 5.69 Å². The molecule has 0 saturated carbocycles. The summed E-state index contributed by atoms with van der Waals surface area (Å²) in [6.45, 7) is 5.71. The van der Waals surface area contributed by atoms with Gasteiger partial charge in [-0.1, -0.05) is 32.0 Å². The molecule has 1 aromatic carbocycles. The van der Waals surface area contributed by atoms with E-state index in [2.05, 4.69) is 0 Å². The Morgan fingerprint density at radius 1 is 1.11 bits per heavy atom. The molecule has 2 rings (SSSR count). The Kier molecular flexibility index (Phi) is 5.06. The number of nitrogens with zero attached hydrogens (tertiary/aromatic N) is 1. The molecule has 0 aliphatic carbocycles. The van der Waals surface area contributed by atoms with Crippen LogP contribution in [0.4, 0.5) is 0 Å². The van der Waals surface area contributed by atoms with E-state index in [-0.39, 0.29) is 11.1 Å². The molecule has 0 amide bonds. The predicted octanol–water partition coefficient (Wildman–Crippen LogP) is 2.87. The van der Waals surface area contributed by atoms with E-state index in [9.17, 15) is 9.59 Å². The fourth-order valence-corrected chi connectivity index (χ4v) is 1.73. The molecular formula is C15H17NO3. The maximum Gasteiger partial charge on any atom is 0.335 e. The molecule has 19 heavy (non-hydrogen) atoms. The molecule has 0 fully saturated rings. The minimum absolute atomic E-state index is 0.0136. The standard InChI is InChI=1S/C13H11NO3.C2H6/c1-9-7-10(13(16)17)8-12(15)14(9)11-5-3-2-4-6-11;1-2/h2-8H,1H3,(H,16,17);1-2H3. The molecule has 1 N–H and O–H groups in total. The Hall–Kier alpha value is -2.36. The number of aromatic nitrogens is 1. The van der Waals surface area contributed by atoms with Gasteiger partial charge in [-0.3, -0.25) is 9.36 Å². The molecule has 0 aliphatic heterocycles. The van der Waals surface area contributed by atoms with Crippen LogP contribution in [0.3, 0.4) is 0 Å². The zero-order valence-corrected chi connectivity index (χ0v) is 11.3. The average molecular weight is 259 g/mol. The van der Waals surface area contributed by atoms with Crippen molar-refractivity contribution < 1.29 is 9.90 Å². The molecule has 1 heterocycles. The van der Waals surface area contributed by atoms with Crippen molar-refractivity contribution in [1.82, 2.24) is 4.57 Å². The number of aromatic carboxylic acids is 1. The number of aryl methyl sites for hydroxylation is 1. The molecule has 100 valence electrons. The second kappa shape index (κ2) is 6.54. The van der Waals surface area contributed by atoms with Crippen molar-refractivity contribution in [2.45, 2.75) is 20.8 Å². The van der Waals surface area contributed by atoms with Gasteiger partial charge in [-0.05, 0) is 25.1 Å². The number of rotatable bonds is 2. The third kappa shape index (κ3) is 3.31. The summed E-state index contributed by atoms with van der Waals surface area (Å²) in [5, 5.41) is 8.85. The van der Waals surface area contributed by atoms with Gasteiger partial charge in [-0.15, -0.1) is 0 Å². The molecule has 2 aromatic rings. The summed E-state index contributed by atoms with van der Waals surface area (Å²) in [4.78, 5) is 22.7. The number of hydrogen-bond donors (Lipinski definition) is 1. The van der Waals surface area contributed by atoms with Crippen molar-refractivity contribution in [1.29, 1.82) is 0 Å². The van der Waals surface area contributed by atoms with Crippen molar-refractivity contribution >= 4 is 5.97 Å². The van der Waals surface area contributed by atoms with E-state index in [1.807, 2.05) is 32.0 Å². The molecule has 0 saturated heterocycles. The monoisotopic (exact) mass is 259 g/mol. The lowest BCUT2D eigenvalue weighted by molar-refractivity contribution is 0.0696. The highest BCUT2D eigenvalue weighted by Gasteiger charge is 2.09. The van der Waals surface area contributed by atoms with Crippen molar-refractivity contribution in [2.75, 3.05) is 0 Å². The number of pyridine rings is 1. The molecule has 0 aliphatic rings. The van der Waals surface area contributed by atoms with E-state index >= 15 is 0 Å². The molecule has 0 bridgehead atoms. The lowest BCUT2D eigenvalue weighted by Gasteiger charge is -2.10. The Labute approximate surface area is 112 Å². The summed E-state index contributed by atoms with van der Waals surface area (Å²) in [6, 6.07) is 11.7. The Morgan fingerprint density at radius 2 is 1.68 bits per heavy atom. The second-order valence-corrected chi connectivity index (χ2v) is 3.70. The molecule has 0 radical (unpaired) electrons. The van der Waals surface area contributed by atoms with E-state index in [0.717, 1.165) is 11.8 Å². The topological polar surface area (TPSA) is 59.3 Å². The number of carboxylic acid groups (broad SMARTS) is 1. The fraction of sp³-hybridized carbons (Fsp3) is 0.200. The summed E-state index contributed by atoms with van der Waals surface area (Å²) in [7, 11) is 0. The maximum atomic E-state index is 11.9. The molecule has 0 atom stereocenters. The first-order valence-electron chi connectivity index (χ1n) is 6.12. The van der Waals surface area contributed by atoms with Crippen LogP contribution in [0.15, 0.2) is 47.3 Å². The Balaban J connectivity index is 0.000000861. The minimum Gasteiger partial charge on any atom is -0.478 e. The summed E-state index contributed by atoms with van der Waals surface area (Å²) in [5.41, 5.74) is 1.00. The van der Waals surface area contributed by atoms with E-state index in [0.29, 0.717) is 5.69 Å². The minimum atomic E-state index is -1.09. The zero-order valence-electron chi connectivity index (χ0n) is 11.3. The molecule has 0 spiro atoms. The largest absolute Gasteiger partial charge is 0.478 e. The first kappa shape index (κ1) is 14.7. The van der Waals surface area contributed by atoms with Crippen LogP contribution in [0, 0.1) is 6.92 Å². The molecular weight excluding hydrogens is 242 g/mol. The zero-order chi connectivity index (χ0) is 14.4.